The fourth-order valence-corrected chi connectivity index (χ4v) is 4.30. The quantitative estimate of drug-likeness (QED) is 0.121. The van der Waals surface area contributed by atoms with Crippen molar-refractivity contribution in [1.29, 1.82) is 0 Å². The topological polar surface area (TPSA) is 84.5 Å². The van der Waals surface area contributed by atoms with Crippen LogP contribution in [0.1, 0.15) is 37.4 Å². The van der Waals surface area contributed by atoms with Crippen molar-refractivity contribution in [3.05, 3.63) is 179 Å². The van der Waals surface area contributed by atoms with Crippen LogP contribution in [0.3, 0.4) is 0 Å². The number of carbonyl (C=O) groups excluding carboxylic acids is 3. The van der Waals surface area contributed by atoms with E-state index in [9.17, 15) is 18.8 Å². The number of hydrogen-bond donors (Lipinski definition) is 2. The molecule has 0 saturated carbocycles. The lowest BCUT2D eigenvalue weighted by Gasteiger charge is -2.12. The number of carbonyl (C=O) groups is 3. The molecule has 0 saturated heterocycles. The maximum atomic E-state index is 13.9. The molecule has 45 heavy (non-hydrogen) atoms. The molecule has 0 aliphatic rings. The summed E-state index contributed by atoms with van der Waals surface area (Å²) in [5, 5.41) is 5.49. The van der Waals surface area contributed by atoms with E-state index in [0.717, 1.165) is 5.56 Å². The van der Waals surface area contributed by atoms with Crippen LogP contribution in [-0.2, 0) is 11.4 Å². The Hall–Kier alpha value is -6.08. The van der Waals surface area contributed by atoms with Gasteiger partial charge in [-0.05, 0) is 84.0 Å². The standard InChI is InChI=1S/C38H29FN2O4/c39-34-14-8-7-11-29(34)19-24-36(42)30-17-20-32(21-18-30)40-38(44)35(41-37(43)31-12-5-2-6-13-31)25-27-15-22-33(23-16-27)45-26-28-9-3-1-4-10-28/h1-25H,26H2,(H,40,44)(H,41,43)/b24-19+,35-25-. The van der Waals surface area contributed by atoms with Crippen molar-refractivity contribution >= 4 is 35.4 Å². The molecule has 0 aliphatic carbocycles. The number of ketones is 1. The molecule has 2 N–H and O–H groups in total. The average Bonchev–Trinajstić information content (AvgIpc) is 3.08. The van der Waals surface area contributed by atoms with E-state index < -0.39 is 17.6 Å². The van der Waals surface area contributed by atoms with Gasteiger partial charge in [-0.3, -0.25) is 14.4 Å². The molecule has 2 amide bonds. The van der Waals surface area contributed by atoms with Gasteiger partial charge in [0.1, 0.15) is 23.9 Å². The highest BCUT2D eigenvalue weighted by molar-refractivity contribution is 6.11. The van der Waals surface area contributed by atoms with Crippen LogP contribution in [0.25, 0.3) is 12.2 Å². The Labute approximate surface area is 260 Å². The summed E-state index contributed by atoms with van der Waals surface area (Å²) < 4.78 is 19.7. The smallest absolute Gasteiger partial charge is 0.272 e. The molecule has 0 bridgehead atoms. The molecule has 7 heteroatoms. The summed E-state index contributed by atoms with van der Waals surface area (Å²) in [5.41, 5.74) is 3.22. The zero-order valence-corrected chi connectivity index (χ0v) is 24.2. The SMILES string of the molecule is O=C(Nc1ccc(C(=O)/C=C/c2ccccc2F)cc1)/C(=C/c1ccc(OCc2ccccc2)cc1)NC(=O)c1ccccc1. The molecule has 0 spiro atoms. The van der Waals surface area contributed by atoms with E-state index in [1.54, 1.807) is 103 Å². The maximum Gasteiger partial charge on any atom is 0.272 e. The minimum absolute atomic E-state index is 0.0229. The van der Waals surface area contributed by atoms with Gasteiger partial charge in [-0.2, -0.15) is 0 Å². The van der Waals surface area contributed by atoms with Gasteiger partial charge < -0.3 is 15.4 Å². The monoisotopic (exact) mass is 596 g/mol. The zero-order valence-electron chi connectivity index (χ0n) is 24.2. The van der Waals surface area contributed by atoms with Crippen LogP contribution >= 0.6 is 0 Å². The predicted octanol–water partition coefficient (Wildman–Crippen LogP) is 7.71. The Morgan fingerprint density at radius 3 is 2.02 bits per heavy atom. The third-order valence-corrected chi connectivity index (χ3v) is 6.72. The fourth-order valence-electron chi connectivity index (χ4n) is 4.30. The maximum absolute atomic E-state index is 13.9. The van der Waals surface area contributed by atoms with Gasteiger partial charge in [0, 0.05) is 22.4 Å². The van der Waals surface area contributed by atoms with Gasteiger partial charge in [-0.25, -0.2) is 4.39 Å². The third-order valence-electron chi connectivity index (χ3n) is 6.72. The van der Waals surface area contributed by atoms with Crippen LogP contribution in [0.5, 0.6) is 5.75 Å². The molecular formula is C38H29FN2O4. The summed E-state index contributed by atoms with van der Waals surface area (Å²) in [5.74, 6) is -1.07. The lowest BCUT2D eigenvalue weighted by molar-refractivity contribution is -0.113. The summed E-state index contributed by atoms with van der Waals surface area (Å²) in [4.78, 5) is 39.0. The first-order valence-electron chi connectivity index (χ1n) is 14.2. The second kappa shape index (κ2) is 14.9. The molecule has 5 aromatic carbocycles. The van der Waals surface area contributed by atoms with Gasteiger partial charge in [0.15, 0.2) is 5.78 Å². The van der Waals surface area contributed by atoms with Gasteiger partial charge in [0.05, 0.1) is 0 Å². The number of anilines is 1. The van der Waals surface area contributed by atoms with Gasteiger partial charge >= 0.3 is 0 Å². The Morgan fingerprint density at radius 2 is 1.33 bits per heavy atom. The molecule has 0 atom stereocenters. The van der Waals surface area contributed by atoms with E-state index in [1.165, 1.54) is 18.2 Å². The lowest BCUT2D eigenvalue weighted by Crippen LogP contribution is -2.30. The van der Waals surface area contributed by atoms with Crippen LogP contribution in [0.2, 0.25) is 0 Å². The Kier molecular flexibility index (Phi) is 10.1. The van der Waals surface area contributed by atoms with Crippen molar-refractivity contribution in [1.82, 2.24) is 5.32 Å². The molecule has 5 rings (SSSR count). The number of amides is 2. The molecule has 222 valence electrons. The second-order valence-electron chi connectivity index (χ2n) is 9.97. The van der Waals surface area contributed by atoms with Crippen molar-refractivity contribution in [2.75, 3.05) is 5.32 Å². The van der Waals surface area contributed by atoms with Gasteiger partial charge in [-0.15, -0.1) is 0 Å². The van der Waals surface area contributed by atoms with E-state index in [1.807, 2.05) is 30.3 Å². The van der Waals surface area contributed by atoms with E-state index in [-0.39, 0.29) is 11.5 Å². The number of benzene rings is 5. The first-order valence-corrected chi connectivity index (χ1v) is 14.2. The summed E-state index contributed by atoms with van der Waals surface area (Å²) in [6.45, 7) is 0.420. The van der Waals surface area contributed by atoms with Crippen LogP contribution in [0, 0.1) is 5.82 Å². The first-order chi connectivity index (χ1) is 21.9. The summed E-state index contributed by atoms with van der Waals surface area (Å²) in [6, 6.07) is 38.0. The van der Waals surface area contributed by atoms with Crippen molar-refractivity contribution < 1.29 is 23.5 Å². The number of hydrogen-bond acceptors (Lipinski definition) is 4. The second-order valence-corrected chi connectivity index (χ2v) is 9.97. The Morgan fingerprint density at radius 1 is 0.689 bits per heavy atom. The van der Waals surface area contributed by atoms with Gasteiger partial charge in [0.2, 0.25) is 0 Å². The normalized spacial score (nSPS) is 11.2. The first kappa shape index (κ1) is 30.4. The number of halogens is 1. The molecule has 0 unspecified atom stereocenters. The number of allylic oxidation sites excluding steroid dienone is 1. The molecule has 0 aliphatic heterocycles. The molecular weight excluding hydrogens is 567 g/mol. The molecule has 0 radical (unpaired) electrons. The van der Waals surface area contributed by atoms with Gasteiger partial charge in [-0.1, -0.05) is 78.9 Å². The highest BCUT2D eigenvalue weighted by Gasteiger charge is 2.15. The van der Waals surface area contributed by atoms with Crippen molar-refractivity contribution in [3.8, 4) is 5.75 Å². The third kappa shape index (κ3) is 8.72. The highest BCUT2D eigenvalue weighted by Crippen LogP contribution is 2.18. The summed E-state index contributed by atoms with van der Waals surface area (Å²) in [6.07, 6.45) is 4.29. The Balaban J connectivity index is 1.29. The van der Waals surface area contributed by atoms with Crippen molar-refractivity contribution in [3.63, 3.8) is 0 Å². The van der Waals surface area contributed by atoms with Crippen molar-refractivity contribution in [2.24, 2.45) is 0 Å². The molecule has 0 heterocycles. The van der Waals surface area contributed by atoms with Crippen LogP contribution < -0.4 is 15.4 Å². The molecule has 0 fully saturated rings. The van der Waals surface area contributed by atoms with Crippen LogP contribution in [0.15, 0.2) is 145 Å². The minimum Gasteiger partial charge on any atom is -0.489 e. The molecule has 6 nitrogen and oxygen atoms in total. The van der Waals surface area contributed by atoms with E-state index in [0.29, 0.717) is 40.3 Å². The van der Waals surface area contributed by atoms with Gasteiger partial charge in [0.25, 0.3) is 11.8 Å². The summed E-state index contributed by atoms with van der Waals surface area (Å²) in [7, 11) is 0. The lowest BCUT2D eigenvalue weighted by atomic mass is 10.1. The predicted molar refractivity (Wildman–Crippen MR) is 174 cm³/mol. The minimum atomic E-state index is -0.554. The number of ether oxygens (including phenoxy) is 1. The zero-order chi connectivity index (χ0) is 31.4. The number of nitrogens with one attached hydrogen (secondary N) is 2. The largest absolute Gasteiger partial charge is 0.489 e. The van der Waals surface area contributed by atoms with E-state index in [4.69, 9.17) is 4.74 Å². The summed E-state index contributed by atoms with van der Waals surface area (Å²) >= 11 is 0. The average molecular weight is 597 g/mol. The van der Waals surface area contributed by atoms with Crippen molar-refractivity contribution in [2.45, 2.75) is 6.61 Å². The highest BCUT2D eigenvalue weighted by atomic mass is 19.1. The molecule has 5 aromatic rings. The van der Waals surface area contributed by atoms with E-state index in [2.05, 4.69) is 10.6 Å². The van der Waals surface area contributed by atoms with E-state index >= 15 is 0 Å². The van der Waals surface area contributed by atoms with Crippen LogP contribution in [-0.4, -0.2) is 17.6 Å². The van der Waals surface area contributed by atoms with Crippen LogP contribution in [0.4, 0.5) is 10.1 Å². The Bertz CT molecular complexity index is 1830. The fraction of sp³-hybridized carbons (Fsp3) is 0.0263. The molecule has 0 aromatic heterocycles. The number of rotatable bonds is 11.